The van der Waals surface area contributed by atoms with E-state index in [1.54, 1.807) is 0 Å². The summed E-state index contributed by atoms with van der Waals surface area (Å²) in [5.41, 5.74) is 0. The van der Waals surface area contributed by atoms with Crippen LogP contribution in [0.25, 0.3) is 0 Å². The maximum Gasteiger partial charge on any atom is 0.192 e. The molecule has 0 N–H and O–H groups in total. The Morgan fingerprint density at radius 1 is 0.739 bits per heavy atom. The van der Waals surface area contributed by atoms with Gasteiger partial charge in [0.15, 0.2) is 8.32 Å². The highest BCUT2D eigenvalue weighted by molar-refractivity contribution is 6.74. The summed E-state index contributed by atoms with van der Waals surface area (Å²) in [7, 11) is -1.66. The van der Waals surface area contributed by atoms with Gasteiger partial charge in [0.05, 0.1) is 52.9 Å². The first-order valence-electron chi connectivity index (χ1n) is 8.19. The monoisotopic (exact) mass is 346 g/mol. The number of ether oxygens (including phenoxy) is 4. The second-order valence-corrected chi connectivity index (χ2v) is 11.5. The molecule has 0 saturated heterocycles. The van der Waals surface area contributed by atoms with E-state index in [2.05, 4.69) is 39.8 Å². The van der Waals surface area contributed by atoms with Crippen molar-refractivity contribution in [1.82, 2.24) is 0 Å². The van der Waals surface area contributed by atoms with Crippen LogP contribution in [0.2, 0.25) is 18.1 Å². The van der Waals surface area contributed by atoms with E-state index in [4.69, 9.17) is 29.8 Å². The van der Waals surface area contributed by atoms with Gasteiger partial charge in [0.25, 0.3) is 0 Å². The van der Waals surface area contributed by atoms with Crippen molar-refractivity contribution in [2.24, 2.45) is 0 Å². The lowest BCUT2D eigenvalue weighted by atomic mass is 10.2. The normalized spacial score (nSPS) is 12.3. The molecule has 0 amide bonds. The summed E-state index contributed by atoms with van der Waals surface area (Å²) in [5.74, 6) is 2.40. The molecule has 0 spiro atoms. The van der Waals surface area contributed by atoms with Crippen molar-refractivity contribution in [2.75, 3.05) is 59.5 Å². The summed E-state index contributed by atoms with van der Waals surface area (Å²) < 4.78 is 27.3. The lowest BCUT2D eigenvalue weighted by molar-refractivity contribution is -0.00237. The van der Waals surface area contributed by atoms with Crippen molar-refractivity contribution in [1.29, 1.82) is 0 Å². The highest BCUT2D eigenvalue weighted by Gasteiger charge is 2.36. The van der Waals surface area contributed by atoms with Crippen LogP contribution in [0.1, 0.15) is 20.8 Å². The van der Waals surface area contributed by atoms with E-state index in [0.29, 0.717) is 59.5 Å². The summed E-state index contributed by atoms with van der Waals surface area (Å²) in [5, 5.41) is 0.238. The second kappa shape index (κ2) is 12.9. The molecule has 0 aliphatic heterocycles. The van der Waals surface area contributed by atoms with Crippen molar-refractivity contribution in [3.63, 3.8) is 0 Å². The maximum absolute atomic E-state index is 6.02. The summed E-state index contributed by atoms with van der Waals surface area (Å²) in [6.07, 6.45) is 5.05. The van der Waals surface area contributed by atoms with E-state index in [9.17, 15) is 0 Å². The first kappa shape index (κ1) is 22.6. The molecule has 0 aromatic heterocycles. The van der Waals surface area contributed by atoms with Crippen LogP contribution >= 0.6 is 0 Å². The highest BCUT2D eigenvalue weighted by atomic mass is 28.4. The lowest BCUT2D eigenvalue weighted by Crippen LogP contribution is -2.41. The van der Waals surface area contributed by atoms with Crippen LogP contribution in [0.15, 0.2) is 0 Å². The van der Waals surface area contributed by atoms with E-state index in [1.165, 1.54) is 0 Å². The molecule has 5 nitrogen and oxygen atoms in total. The summed E-state index contributed by atoms with van der Waals surface area (Å²) in [4.78, 5) is 0. The van der Waals surface area contributed by atoms with E-state index in [1.807, 2.05) is 0 Å². The molecule has 0 aliphatic rings. The minimum atomic E-state index is -1.66. The fourth-order valence-electron chi connectivity index (χ4n) is 1.36. The van der Waals surface area contributed by atoms with E-state index in [-0.39, 0.29) is 5.04 Å². The Morgan fingerprint density at radius 3 is 1.52 bits per heavy atom. The SMILES string of the molecule is C#CCOCCOCCOCCOCCO[Si](C)(C)C(C)(C)C. The topological polar surface area (TPSA) is 46.2 Å². The van der Waals surface area contributed by atoms with Crippen LogP contribution in [0.5, 0.6) is 0 Å². The average Bonchev–Trinajstić information content (AvgIpc) is 2.46. The molecule has 0 unspecified atom stereocenters. The van der Waals surface area contributed by atoms with Crippen molar-refractivity contribution in [3.05, 3.63) is 0 Å². The molecule has 0 rings (SSSR count). The van der Waals surface area contributed by atoms with Crippen molar-refractivity contribution < 1.29 is 23.4 Å². The van der Waals surface area contributed by atoms with Gasteiger partial charge in [-0.25, -0.2) is 0 Å². The van der Waals surface area contributed by atoms with E-state index in [0.717, 1.165) is 0 Å². The highest BCUT2D eigenvalue weighted by Crippen LogP contribution is 2.36. The van der Waals surface area contributed by atoms with Crippen molar-refractivity contribution in [2.45, 2.75) is 38.9 Å². The van der Waals surface area contributed by atoms with Gasteiger partial charge in [0.1, 0.15) is 6.61 Å². The predicted molar refractivity (Wildman–Crippen MR) is 95.3 cm³/mol. The smallest absolute Gasteiger partial charge is 0.192 e. The van der Waals surface area contributed by atoms with Crippen molar-refractivity contribution in [3.8, 4) is 12.3 Å². The van der Waals surface area contributed by atoms with E-state index < -0.39 is 8.32 Å². The Balaban J connectivity index is 3.27. The molecule has 0 bridgehead atoms. The van der Waals surface area contributed by atoms with Gasteiger partial charge in [-0.15, -0.1) is 6.42 Å². The number of hydrogen-bond donors (Lipinski definition) is 0. The minimum absolute atomic E-state index is 0.238. The zero-order valence-electron chi connectivity index (χ0n) is 15.5. The van der Waals surface area contributed by atoms with Gasteiger partial charge in [-0.3, -0.25) is 0 Å². The Bertz CT molecular complexity index is 320. The molecule has 0 fully saturated rings. The van der Waals surface area contributed by atoms with Gasteiger partial charge in [-0.2, -0.15) is 0 Å². The van der Waals surface area contributed by atoms with Gasteiger partial charge in [0, 0.05) is 0 Å². The zero-order valence-corrected chi connectivity index (χ0v) is 16.5. The van der Waals surface area contributed by atoms with Gasteiger partial charge in [0.2, 0.25) is 0 Å². The van der Waals surface area contributed by atoms with Crippen LogP contribution in [0, 0.1) is 12.3 Å². The second-order valence-electron chi connectivity index (χ2n) is 6.70. The van der Waals surface area contributed by atoms with Gasteiger partial charge in [-0.1, -0.05) is 26.7 Å². The lowest BCUT2D eigenvalue weighted by Gasteiger charge is -2.36. The molecule has 136 valence electrons. The third-order valence-electron chi connectivity index (χ3n) is 3.80. The average molecular weight is 347 g/mol. The molecule has 0 aromatic rings. The minimum Gasteiger partial charge on any atom is -0.414 e. The predicted octanol–water partition coefficient (Wildman–Crippen LogP) is 2.71. The third kappa shape index (κ3) is 12.6. The summed E-state index contributed by atoms with van der Waals surface area (Å²) in [6, 6.07) is 0. The fraction of sp³-hybridized carbons (Fsp3) is 0.882. The molecule has 6 heteroatoms. The third-order valence-corrected chi connectivity index (χ3v) is 8.34. The standard InChI is InChI=1S/C17H34O5Si/c1-7-8-18-9-10-19-11-12-20-13-14-21-15-16-22-23(5,6)17(2,3)4/h1H,8-16H2,2-6H3. The number of rotatable bonds is 14. The molecule has 0 radical (unpaired) electrons. The molecule has 0 saturated carbocycles. The number of hydrogen-bond acceptors (Lipinski definition) is 5. The molecule has 0 aromatic carbocycles. The van der Waals surface area contributed by atoms with Crippen molar-refractivity contribution >= 4 is 8.32 Å². The fourth-order valence-corrected chi connectivity index (χ4v) is 2.39. The first-order chi connectivity index (χ1) is 10.8. The van der Waals surface area contributed by atoms with Crippen LogP contribution in [-0.4, -0.2) is 67.8 Å². The number of terminal acetylenes is 1. The maximum atomic E-state index is 6.02. The molecule has 23 heavy (non-hydrogen) atoms. The Labute approximate surface area is 143 Å². The van der Waals surface area contributed by atoms with E-state index >= 15 is 0 Å². The Morgan fingerprint density at radius 2 is 1.13 bits per heavy atom. The zero-order chi connectivity index (χ0) is 17.6. The molecule has 0 heterocycles. The van der Waals surface area contributed by atoms with Gasteiger partial charge >= 0.3 is 0 Å². The van der Waals surface area contributed by atoms with Crippen LogP contribution in [-0.2, 0) is 23.4 Å². The van der Waals surface area contributed by atoms with Crippen LogP contribution in [0.4, 0.5) is 0 Å². The molecular formula is C17H34O5Si. The summed E-state index contributed by atoms with van der Waals surface area (Å²) in [6.45, 7) is 16.1. The molecule has 0 atom stereocenters. The van der Waals surface area contributed by atoms with Gasteiger partial charge < -0.3 is 23.4 Å². The Kier molecular flexibility index (Phi) is 12.7. The quantitative estimate of drug-likeness (QED) is 0.275. The van der Waals surface area contributed by atoms with Gasteiger partial charge in [-0.05, 0) is 18.1 Å². The Hall–Kier alpha value is -0.423. The largest absolute Gasteiger partial charge is 0.414 e. The summed E-state index contributed by atoms with van der Waals surface area (Å²) >= 11 is 0. The van der Waals surface area contributed by atoms with Crippen LogP contribution < -0.4 is 0 Å². The molecular weight excluding hydrogens is 312 g/mol. The first-order valence-corrected chi connectivity index (χ1v) is 11.1. The molecule has 0 aliphatic carbocycles. The van der Waals surface area contributed by atoms with Crippen LogP contribution in [0.3, 0.4) is 0 Å².